The summed E-state index contributed by atoms with van der Waals surface area (Å²) in [6, 6.07) is 7.95. The summed E-state index contributed by atoms with van der Waals surface area (Å²) in [4.78, 5) is 16.3. The Balaban J connectivity index is 2.26. The lowest BCUT2D eigenvalue weighted by molar-refractivity contribution is 0.102. The van der Waals surface area contributed by atoms with Gasteiger partial charge in [-0.25, -0.2) is 9.37 Å². The molecule has 2 N–H and O–H groups in total. The van der Waals surface area contributed by atoms with Crippen LogP contribution in [-0.2, 0) is 0 Å². The van der Waals surface area contributed by atoms with Gasteiger partial charge in [-0.05, 0) is 43.7 Å². The minimum Gasteiger partial charge on any atom is -0.373 e. The molecule has 0 aliphatic rings. The largest absolute Gasteiger partial charge is 0.373 e. The first-order valence-corrected chi connectivity index (χ1v) is 6.23. The highest BCUT2D eigenvalue weighted by Crippen LogP contribution is 2.17. The van der Waals surface area contributed by atoms with Crippen molar-refractivity contribution in [2.75, 3.05) is 17.7 Å². The third-order valence-electron chi connectivity index (χ3n) is 2.84. The van der Waals surface area contributed by atoms with E-state index in [1.165, 1.54) is 6.07 Å². The zero-order valence-corrected chi connectivity index (χ0v) is 11.6. The quantitative estimate of drug-likeness (QED) is 0.903. The summed E-state index contributed by atoms with van der Waals surface area (Å²) < 4.78 is 13.7. The molecule has 1 aromatic carbocycles. The van der Waals surface area contributed by atoms with Crippen molar-refractivity contribution in [3.05, 3.63) is 53.0 Å². The number of halogens is 1. The second kappa shape index (κ2) is 5.69. The molecule has 0 atom stereocenters. The van der Waals surface area contributed by atoms with Crippen LogP contribution in [0.5, 0.6) is 0 Å². The van der Waals surface area contributed by atoms with Crippen LogP contribution in [0.2, 0.25) is 0 Å². The molecule has 1 aromatic heterocycles. The van der Waals surface area contributed by atoms with Crippen LogP contribution in [0.3, 0.4) is 0 Å². The van der Waals surface area contributed by atoms with E-state index in [0.29, 0.717) is 17.1 Å². The highest BCUT2D eigenvalue weighted by Gasteiger charge is 2.11. The van der Waals surface area contributed by atoms with E-state index in [1.54, 1.807) is 45.2 Å². The van der Waals surface area contributed by atoms with Gasteiger partial charge in [0.05, 0.1) is 5.69 Å². The highest BCUT2D eigenvalue weighted by atomic mass is 19.1. The van der Waals surface area contributed by atoms with Gasteiger partial charge in [0.15, 0.2) is 0 Å². The Morgan fingerprint density at radius 3 is 2.60 bits per heavy atom. The number of hydrogen-bond donors (Lipinski definition) is 2. The SMILES string of the molecule is CNc1cc(C(=O)Nc2ccc(C)cc2F)cc(C)n1. The molecule has 1 amide bonds. The van der Waals surface area contributed by atoms with E-state index in [1.807, 2.05) is 0 Å². The van der Waals surface area contributed by atoms with Gasteiger partial charge in [-0.3, -0.25) is 4.79 Å². The second-order valence-corrected chi connectivity index (χ2v) is 4.57. The molecule has 1 heterocycles. The maximum atomic E-state index is 13.7. The second-order valence-electron chi connectivity index (χ2n) is 4.57. The van der Waals surface area contributed by atoms with Gasteiger partial charge in [-0.1, -0.05) is 6.07 Å². The van der Waals surface area contributed by atoms with Crippen molar-refractivity contribution in [3.63, 3.8) is 0 Å². The molecule has 0 aliphatic carbocycles. The fourth-order valence-corrected chi connectivity index (χ4v) is 1.84. The van der Waals surface area contributed by atoms with Crippen molar-refractivity contribution < 1.29 is 9.18 Å². The molecular formula is C15H16FN3O. The molecule has 20 heavy (non-hydrogen) atoms. The zero-order chi connectivity index (χ0) is 14.7. The Labute approximate surface area is 117 Å². The van der Waals surface area contributed by atoms with Crippen LogP contribution < -0.4 is 10.6 Å². The van der Waals surface area contributed by atoms with Gasteiger partial charge in [-0.15, -0.1) is 0 Å². The van der Waals surface area contributed by atoms with Gasteiger partial charge in [0.1, 0.15) is 11.6 Å². The first-order chi connectivity index (χ1) is 9.49. The summed E-state index contributed by atoms with van der Waals surface area (Å²) in [5.41, 5.74) is 2.12. The van der Waals surface area contributed by atoms with Crippen molar-refractivity contribution in [1.29, 1.82) is 0 Å². The number of rotatable bonds is 3. The number of nitrogens with zero attached hydrogens (tertiary/aromatic N) is 1. The fraction of sp³-hybridized carbons (Fsp3) is 0.200. The molecule has 2 aromatic rings. The number of amides is 1. The summed E-state index contributed by atoms with van der Waals surface area (Å²) in [7, 11) is 1.73. The molecule has 0 radical (unpaired) electrons. The molecule has 104 valence electrons. The smallest absolute Gasteiger partial charge is 0.255 e. The molecule has 2 rings (SSSR count). The Bertz CT molecular complexity index is 656. The van der Waals surface area contributed by atoms with Crippen LogP contribution in [-0.4, -0.2) is 17.9 Å². The number of aromatic nitrogens is 1. The van der Waals surface area contributed by atoms with E-state index in [0.717, 1.165) is 5.56 Å². The van der Waals surface area contributed by atoms with Gasteiger partial charge < -0.3 is 10.6 Å². The third kappa shape index (κ3) is 3.12. The Morgan fingerprint density at radius 1 is 1.20 bits per heavy atom. The standard InChI is InChI=1S/C15H16FN3O/c1-9-4-5-13(12(16)6-9)19-15(20)11-7-10(2)18-14(8-11)17-3/h4-8H,1-3H3,(H,17,18)(H,19,20). The average Bonchev–Trinajstić information content (AvgIpc) is 2.41. The van der Waals surface area contributed by atoms with Gasteiger partial charge in [0.2, 0.25) is 0 Å². The number of nitrogens with one attached hydrogen (secondary N) is 2. The van der Waals surface area contributed by atoms with Gasteiger partial charge in [0, 0.05) is 18.3 Å². The maximum absolute atomic E-state index is 13.7. The van der Waals surface area contributed by atoms with E-state index in [4.69, 9.17) is 0 Å². The molecule has 5 heteroatoms. The van der Waals surface area contributed by atoms with E-state index in [-0.39, 0.29) is 11.6 Å². The van der Waals surface area contributed by atoms with E-state index in [9.17, 15) is 9.18 Å². The topological polar surface area (TPSA) is 54.0 Å². The normalized spacial score (nSPS) is 10.2. The molecule has 0 fully saturated rings. The minimum atomic E-state index is -0.446. The Hall–Kier alpha value is -2.43. The number of anilines is 2. The highest BCUT2D eigenvalue weighted by molar-refractivity contribution is 6.04. The van der Waals surface area contributed by atoms with Crippen LogP contribution in [0.4, 0.5) is 15.9 Å². The van der Waals surface area contributed by atoms with E-state index < -0.39 is 5.82 Å². The predicted molar refractivity (Wildman–Crippen MR) is 77.6 cm³/mol. The van der Waals surface area contributed by atoms with Crippen LogP contribution in [0.1, 0.15) is 21.6 Å². The van der Waals surface area contributed by atoms with Crippen molar-refractivity contribution in [2.24, 2.45) is 0 Å². The van der Waals surface area contributed by atoms with Crippen molar-refractivity contribution >= 4 is 17.4 Å². The lowest BCUT2D eigenvalue weighted by Crippen LogP contribution is -2.14. The number of hydrogen-bond acceptors (Lipinski definition) is 3. The van der Waals surface area contributed by atoms with Crippen LogP contribution >= 0.6 is 0 Å². The molecule has 0 spiro atoms. The summed E-state index contributed by atoms with van der Waals surface area (Å²) in [5.74, 6) is -0.216. The lowest BCUT2D eigenvalue weighted by atomic mass is 10.2. The van der Waals surface area contributed by atoms with Crippen molar-refractivity contribution in [2.45, 2.75) is 13.8 Å². The molecule has 0 unspecified atom stereocenters. The Morgan fingerprint density at radius 2 is 1.95 bits per heavy atom. The summed E-state index contributed by atoms with van der Waals surface area (Å²) in [6.07, 6.45) is 0. The molecule has 0 aliphatic heterocycles. The number of pyridine rings is 1. The molecular weight excluding hydrogens is 257 g/mol. The maximum Gasteiger partial charge on any atom is 0.255 e. The first-order valence-electron chi connectivity index (χ1n) is 6.23. The van der Waals surface area contributed by atoms with Crippen LogP contribution in [0.25, 0.3) is 0 Å². The van der Waals surface area contributed by atoms with E-state index >= 15 is 0 Å². The summed E-state index contributed by atoms with van der Waals surface area (Å²) in [5, 5.41) is 5.44. The fourth-order valence-electron chi connectivity index (χ4n) is 1.84. The summed E-state index contributed by atoms with van der Waals surface area (Å²) in [6.45, 7) is 3.59. The lowest BCUT2D eigenvalue weighted by Gasteiger charge is -2.09. The van der Waals surface area contributed by atoms with E-state index in [2.05, 4.69) is 15.6 Å². The number of benzene rings is 1. The first kappa shape index (κ1) is 14.0. The minimum absolute atomic E-state index is 0.168. The van der Waals surface area contributed by atoms with Crippen molar-refractivity contribution in [3.8, 4) is 0 Å². The van der Waals surface area contributed by atoms with Crippen LogP contribution in [0, 0.1) is 19.7 Å². The van der Waals surface area contributed by atoms with Crippen LogP contribution in [0.15, 0.2) is 30.3 Å². The van der Waals surface area contributed by atoms with Gasteiger partial charge in [0.25, 0.3) is 5.91 Å². The molecule has 4 nitrogen and oxygen atoms in total. The predicted octanol–water partition coefficient (Wildman–Crippen LogP) is 3.13. The van der Waals surface area contributed by atoms with Gasteiger partial charge >= 0.3 is 0 Å². The monoisotopic (exact) mass is 273 g/mol. The average molecular weight is 273 g/mol. The van der Waals surface area contributed by atoms with Crippen molar-refractivity contribution in [1.82, 2.24) is 4.98 Å². The zero-order valence-electron chi connectivity index (χ0n) is 11.6. The summed E-state index contributed by atoms with van der Waals surface area (Å²) >= 11 is 0. The number of aryl methyl sites for hydroxylation is 2. The third-order valence-corrected chi connectivity index (χ3v) is 2.84. The van der Waals surface area contributed by atoms with Gasteiger partial charge in [-0.2, -0.15) is 0 Å². The number of carbonyl (C=O) groups is 1. The number of carbonyl (C=O) groups excluding carboxylic acids is 1. The molecule has 0 saturated carbocycles. The molecule has 0 bridgehead atoms. The molecule has 0 saturated heterocycles. The Kier molecular flexibility index (Phi) is 3.98.